The van der Waals surface area contributed by atoms with Crippen molar-refractivity contribution < 1.29 is 17.9 Å². The highest BCUT2D eigenvalue weighted by Crippen LogP contribution is 2.28. The van der Waals surface area contributed by atoms with Gasteiger partial charge in [-0.25, -0.2) is 18.4 Å². The third kappa shape index (κ3) is 5.68. The van der Waals surface area contributed by atoms with Crippen LogP contribution in [0.3, 0.4) is 0 Å². The number of nitrogens with zero attached hydrogens (tertiary/aromatic N) is 4. The van der Waals surface area contributed by atoms with Crippen molar-refractivity contribution in [2.24, 2.45) is 0 Å². The van der Waals surface area contributed by atoms with Gasteiger partial charge in [0.2, 0.25) is 10.0 Å². The second-order valence-electron chi connectivity index (χ2n) is 9.40. The highest BCUT2D eigenvalue weighted by molar-refractivity contribution is 7.89. The molecule has 1 N–H and O–H groups in total. The number of rotatable bonds is 9. The normalized spacial score (nSPS) is 15.7. The molecule has 0 spiro atoms. The van der Waals surface area contributed by atoms with Crippen LogP contribution in [0.5, 0.6) is 11.5 Å². The minimum Gasteiger partial charge on any atom is -0.497 e. The van der Waals surface area contributed by atoms with Crippen molar-refractivity contribution in [3.8, 4) is 11.5 Å². The summed E-state index contributed by atoms with van der Waals surface area (Å²) in [7, 11) is -0.351. The first-order valence-electron chi connectivity index (χ1n) is 12.9. The topological polar surface area (TPSA) is 96.9 Å². The van der Waals surface area contributed by atoms with Crippen LogP contribution in [-0.4, -0.2) is 68.0 Å². The van der Waals surface area contributed by atoms with Gasteiger partial charge in [0, 0.05) is 43.7 Å². The van der Waals surface area contributed by atoms with E-state index in [1.165, 1.54) is 0 Å². The minimum absolute atomic E-state index is 0.0905. The summed E-state index contributed by atoms with van der Waals surface area (Å²) in [6.07, 6.45) is 0. The van der Waals surface area contributed by atoms with E-state index in [1.807, 2.05) is 48.5 Å². The van der Waals surface area contributed by atoms with Crippen molar-refractivity contribution in [2.45, 2.75) is 24.4 Å². The van der Waals surface area contributed by atoms with Crippen molar-refractivity contribution in [3.63, 3.8) is 0 Å². The van der Waals surface area contributed by atoms with Gasteiger partial charge in [-0.1, -0.05) is 30.3 Å². The highest BCUT2D eigenvalue weighted by atomic mass is 32.2. The van der Waals surface area contributed by atoms with E-state index in [0.29, 0.717) is 44.3 Å². The van der Waals surface area contributed by atoms with Crippen LogP contribution < -0.4 is 14.8 Å². The van der Waals surface area contributed by atoms with Crippen molar-refractivity contribution in [2.75, 3.05) is 45.7 Å². The Morgan fingerprint density at radius 2 is 1.56 bits per heavy atom. The van der Waals surface area contributed by atoms with E-state index in [2.05, 4.69) is 17.1 Å². The lowest BCUT2D eigenvalue weighted by molar-refractivity contribution is 0.141. The summed E-state index contributed by atoms with van der Waals surface area (Å²) in [4.78, 5) is 12.3. The van der Waals surface area contributed by atoms with E-state index in [-0.39, 0.29) is 10.9 Å². The summed E-state index contributed by atoms with van der Waals surface area (Å²) in [6.45, 7) is 4.58. The fraction of sp³-hybridized carbons (Fsp3) is 0.310. The molecule has 10 heteroatoms. The molecule has 1 fully saturated rings. The van der Waals surface area contributed by atoms with Crippen molar-refractivity contribution in [1.29, 1.82) is 0 Å². The Morgan fingerprint density at radius 3 is 2.28 bits per heavy atom. The van der Waals surface area contributed by atoms with Gasteiger partial charge in [0.15, 0.2) is 0 Å². The zero-order valence-electron chi connectivity index (χ0n) is 22.4. The van der Waals surface area contributed by atoms with Gasteiger partial charge in [0.1, 0.15) is 23.1 Å². The zero-order chi connectivity index (χ0) is 27.4. The zero-order valence-corrected chi connectivity index (χ0v) is 23.2. The first-order valence-corrected chi connectivity index (χ1v) is 14.4. The molecule has 3 aromatic carbocycles. The Balaban J connectivity index is 1.32. The molecule has 39 heavy (non-hydrogen) atoms. The Labute approximate surface area is 229 Å². The summed E-state index contributed by atoms with van der Waals surface area (Å²) in [5.74, 6) is 2.90. The molecule has 1 aromatic heterocycles. The molecular formula is C29H33N5O4S. The van der Waals surface area contributed by atoms with E-state index in [9.17, 15) is 8.42 Å². The lowest BCUT2D eigenvalue weighted by Crippen LogP contribution is -2.49. The second kappa shape index (κ2) is 11.6. The Kier molecular flexibility index (Phi) is 7.97. The smallest absolute Gasteiger partial charge is 0.243 e. The van der Waals surface area contributed by atoms with Gasteiger partial charge >= 0.3 is 0 Å². The van der Waals surface area contributed by atoms with Crippen LogP contribution in [0.4, 0.5) is 5.82 Å². The molecule has 1 saturated heterocycles. The number of para-hydroxylation sites is 2. The van der Waals surface area contributed by atoms with Crippen LogP contribution in [0.1, 0.15) is 24.4 Å². The quantitative estimate of drug-likeness (QED) is 0.331. The number of hydrogen-bond donors (Lipinski definition) is 1. The third-order valence-corrected chi connectivity index (χ3v) is 9.06. The number of ether oxygens (including phenoxy) is 2. The third-order valence-electron chi connectivity index (χ3n) is 7.15. The lowest BCUT2D eigenvalue weighted by atomic mass is 10.1. The fourth-order valence-electron chi connectivity index (χ4n) is 4.84. The van der Waals surface area contributed by atoms with Gasteiger partial charge < -0.3 is 14.8 Å². The number of aromatic nitrogens is 2. The van der Waals surface area contributed by atoms with E-state index < -0.39 is 10.0 Å². The number of fused-ring (bicyclic) bond motifs is 1. The van der Waals surface area contributed by atoms with Crippen LogP contribution >= 0.6 is 0 Å². The monoisotopic (exact) mass is 547 g/mol. The molecule has 1 aliphatic rings. The van der Waals surface area contributed by atoms with E-state index in [0.717, 1.165) is 28.0 Å². The van der Waals surface area contributed by atoms with Crippen molar-refractivity contribution >= 4 is 26.7 Å². The maximum Gasteiger partial charge on any atom is 0.243 e. The number of sulfonamides is 1. The molecule has 204 valence electrons. The largest absolute Gasteiger partial charge is 0.497 e. The molecule has 2 heterocycles. The molecule has 0 saturated carbocycles. The average molecular weight is 548 g/mol. The molecule has 4 aromatic rings. The molecule has 1 unspecified atom stereocenters. The maximum absolute atomic E-state index is 13.2. The molecular weight excluding hydrogens is 514 g/mol. The van der Waals surface area contributed by atoms with Gasteiger partial charge in [-0.15, -0.1) is 0 Å². The van der Waals surface area contributed by atoms with Gasteiger partial charge in [-0.3, -0.25) is 4.90 Å². The average Bonchev–Trinajstić information content (AvgIpc) is 2.99. The van der Waals surface area contributed by atoms with Gasteiger partial charge in [-0.2, -0.15) is 4.31 Å². The predicted molar refractivity (Wildman–Crippen MR) is 152 cm³/mol. The SMILES string of the molecule is COc1ccc(S(=O)(=O)N2CCN(C(C)c3nc(NCc4ccccc4OC)c4ccccc4n3)CC2)cc1. The van der Waals surface area contributed by atoms with E-state index in [1.54, 1.807) is 42.8 Å². The van der Waals surface area contributed by atoms with Crippen molar-refractivity contribution in [1.82, 2.24) is 19.2 Å². The van der Waals surface area contributed by atoms with Gasteiger partial charge in [-0.05, 0) is 49.4 Å². The number of methoxy groups -OCH3 is 2. The number of piperazine rings is 1. The fourth-order valence-corrected chi connectivity index (χ4v) is 6.26. The number of benzene rings is 3. The first kappa shape index (κ1) is 26.9. The lowest BCUT2D eigenvalue weighted by Gasteiger charge is -2.36. The predicted octanol–water partition coefficient (Wildman–Crippen LogP) is 4.33. The summed E-state index contributed by atoms with van der Waals surface area (Å²) >= 11 is 0. The number of nitrogens with one attached hydrogen (secondary N) is 1. The van der Waals surface area contributed by atoms with Gasteiger partial charge in [0.25, 0.3) is 0 Å². The van der Waals surface area contributed by atoms with Gasteiger partial charge in [0.05, 0.1) is 30.7 Å². The summed E-state index contributed by atoms with van der Waals surface area (Å²) < 4.78 is 38.6. The van der Waals surface area contributed by atoms with Crippen molar-refractivity contribution in [3.05, 3.63) is 84.2 Å². The Bertz CT molecular complexity index is 1540. The minimum atomic E-state index is -3.58. The van der Waals surface area contributed by atoms with Crippen LogP contribution in [0.25, 0.3) is 10.9 Å². The molecule has 9 nitrogen and oxygen atoms in total. The number of hydrogen-bond acceptors (Lipinski definition) is 8. The second-order valence-corrected chi connectivity index (χ2v) is 11.3. The Hall–Kier alpha value is -3.73. The summed E-state index contributed by atoms with van der Waals surface area (Å²) in [5, 5.41) is 4.43. The molecule has 5 rings (SSSR count). The standard InChI is InChI=1S/C29H33N5O4S/c1-21(33-16-18-34(19-17-33)39(35,36)24-14-12-23(37-2)13-15-24)28-31-26-10-6-5-9-25(26)29(32-28)30-20-22-8-4-7-11-27(22)38-3/h4-15,21H,16-20H2,1-3H3,(H,30,31,32). The molecule has 0 amide bonds. The molecule has 0 radical (unpaired) electrons. The first-order chi connectivity index (χ1) is 18.9. The molecule has 0 aliphatic carbocycles. The Morgan fingerprint density at radius 1 is 0.872 bits per heavy atom. The van der Waals surface area contributed by atoms with Crippen LogP contribution in [0.2, 0.25) is 0 Å². The summed E-state index contributed by atoms with van der Waals surface area (Å²) in [5.41, 5.74) is 1.89. The van der Waals surface area contributed by atoms with Crippen LogP contribution in [-0.2, 0) is 16.6 Å². The highest BCUT2D eigenvalue weighted by Gasteiger charge is 2.31. The van der Waals surface area contributed by atoms with Crippen LogP contribution in [0, 0.1) is 0 Å². The van der Waals surface area contributed by atoms with Crippen LogP contribution in [0.15, 0.2) is 77.7 Å². The molecule has 1 atom stereocenters. The number of anilines is 1. The summed E-state index contributed by atoms with van der Waals surface area (Å²) in [6, 6.07) is 22.3. The maximum atomic E-state index is 13.2. The molecule has 0 bridgehead atoms. The van der Waals surface area contributed by atoms with E-state index in [4.69, 9.17) is 19.4 Å². The van der Waals surface area contributed by atoms with E-state index >= 15 is 0 Å². The molecule has 1 aliphatic heterocycles.